The number of hydrogen-bond donors (Lipinski definition) is 1. The minimum atomic E-state index is -0.0516. The first kappa shape index (κ1) is 9.97. The lowest BCUT2D eigenvalue weighted by Gasteiger charge is -2.26. The number of carbonyl (C=O) groups is 1. The van der Waals surface area contributed by atoms with Gasteiger partial charge in [0.15, 0.2) is 5.78 Å². The Bertz CT molecular complexity index is 446. The average molecular weight is 201 g/mol. The predicted octanol–water partition coefficient (Wildman–Crippen LogP) is 3.14. The summed E-state index contributed by atoms with van der Waals surface area (Å²) < 4.78 is 0. The highest BCUT2D eigenvalue weighted by Gasteiger charge is 2.27. The van der Waals surface area contributed by atoms with Gasteiger partial charge < -0.3 is 5.32 Å². The van der Waals surface area contributed by atoms with Gasteiger partial charge in [0.05, 0.1) is 11.6 Å². The van der Waals surface area contributed by atoms with Gasteiger partial charge in [-0.15, -0.1) is 0 Å². The van der Waals surface area contributed by atoms with Gasteiger partial charge in [-0.1, -0.05) is 18.2 Å². The lowest BCUT2D eigenvalue weighted by molar-refractivity contribution is 0.0945. The third kappa shape index (κ3) is 1.46. The van der Waals surface area contributed by atoms with Crippen LogP contribution in [0.2, 0.25) is 0 Å². The largest absolute Gasteiger partial charge is 0.358 e. The van der Waals surface area contributed by atoms with E-state index < -0.39 is 0 Å². The Morgan fingerprint density at radius 1 is 1.40 bits per heavy atom. The number of anilines is 1. The molecule has 0 radical (unpaired) electrons. The summed E-state index contributed by atoms with van der Waals surface area (Å²) in [5, 5.41) is 3.34. The third-order valence-electron chi connectivity index (χ3n) is 2.98. The molecule has 1 heterocycles. The molecule has 1 atom stereocenters. The topological polar surface area (TPSA) is 29.1 Å². The van der Waals surface area contributed by atoms with Crippen LogP contribution in [0.5, 0.6) is 0 Å². The quantitative estimate of drug-likeness (QED) is 0.698. The van der Waals surface area contributed by atoms with Crippen molar-refractivity contribution in [3.63, 3.8) is 0 Å². The van der Waals surface area contributed by atoms with Gasteiger partial charge in [-0.25, -0.2) is 0 Å². The fraction of sp³-hybridized carbons (Fsp3) is 0.308. The van der Waals surface area contributed by atoms with Gasteiger partial charge in [0, 0.05) is 11.3 Å². The number of aryl methyl sites for hydroxylation is 1. The van der Waals surface area contributed by atoms with Crippen LogP contribution >= 0.6 is 0 Å². The maximum atomic E-state index is 12.1. The minimum absolute atomic E-state index is 0.0516. The normalized spacial score (nSPS) is 22.5. The molecule has 0 saturated carbocycles. The van der Waals surface area contributed by atoms with Gasteiger partial charge in [-0.2, -0.15) is 0 Å². The van der Waals surface area contributed by atoms with Crippen LogP contribution in [-0.2, 0) is 0 Å². The summed E-state index contributed by atoms with van der Waals surface area (Å²) in [6.07, 6.45) is 1.97. The molecule has 1 aliphatic heterocycles. The van der Waals surface area contributed by atoms with Gasteiger partial charge in [0.2, 0.25) is 0 Å². The molecule has 1 aromatic carbocycles. The fourth-order valence-corrected chi connectivity index (χ4v) is 1.99. The number of hydrogen-bond acceptors (Lipinski definition) is 2. The molecule has 2 heteroatoms. The van der Waals surface area contributed by atoms with Crippen molar-refractivity contribution in [2.75, 3.05) is 5.32 Å². The zero-order chi connectivity index (χ0) is 11.0. The number of fused-ring (bicyclic) bond motifs is 1. The fourth-order valence-electron chi connectivity index (χ4n) is 1.99. The molecule has 1 aromatic rings. The molecule has 2 nitrogen and oxygen atoms in total. The van der Waals surface area contributed by atoms with E-state index >= 15 is 0 Å². The van der Waals surface area contributed by atoms with Gasteiger partial charge in [0.1, 0.15) is 0 Å². The molecule has 0 spiro atoms. The highest BCUT2D eigenvalue weighted by Crippen LogP contribution is 2.32. The summed E-state index contributed by atoms with van der Waals surface area (Å²) in [5.74, 6) is 0.157. The number of rotatable bonds is 0. The molecule has 15 heavy (non-hydrogen) atoms. The molecule has 0 saturated heterocycles. The van der Waals surface area contributed by atoms with Crippen molar-refractivity contribution in [3.05, 3.63) is 41.1 Å². The molecular formula is C13H15NO. The van der Waals surface area contributed by atoms with Crippen LogP contribution in [-0.4, -0.2) is 5.78 Å². The van der Waals surface area contributed by atoms with E-state index in [1.54, 1.807) is 0 Å². The van der Waals surface area contributed by atoms with Crippen molar-refractivity contribution in [1.29, 1.82) is 0 Å². The number of benzene rings is 1. The molecule has 0 fully saturated rings. The van der Waals surface area contributed by atoms with E-state index in [-0.39, 0.29) is 11.7 Å². The maximum Gasteiger partial charge on any atom is 0.173 e. The van der Waals surface area contributed by atoms with Gasteiger partial charge in [-0.05, 0) is 32.4 Å². The first-order chi connectivity index (χ1) is 7.15. The van der Waals surface area contributed by atoms with Crippen molar-refractivity contribution < 1.29 is 4.79 Å². The predicted molar refractivity (Wildman–Crippen MR) is 62.1 cm³/mol. The molecule has 1 N–H and O–H groups in total. The lowest BCUT2D eigenvalue weighted by atomic mass is 9.89. The molecule has 78 valence electrons. The Hall–Kier alpha value is -1.57. The van der Waals surface area contributed by atoms with Crippen molar-refractivity contribution in [3.8, 4) is 0 Å². The minimum Gasteiger partial charge on any atom is -0.358 e. The van der Waals surface area contributed by atoms with E-state index in [4.69, 9.17) is 0 Å². The maximum absolute atomic E-state index is 12.1. The number of carbonyl (C=O) groups excluding carboxylic acids is 1. The van der Waals surface area contributed by atoms with E-state index in [9.17, 15) is 4.79 Å². The van der Waals surface area contributed by atoms with Crippen molar-refractivity contribution in [1.82, 2.24) is 0 Å². The van der Waals surface area contributed by atoms with E-state index in [1.807, 2.05) is 45.0 Å². The summed E-state index contributed by atoms with van der Waals surface area (Å²) in [6.45, 7) is 5.91. The lowest BCUT2D eigenvalue weighted by Crippen LogP contribution is -2.25. The Morgan fingerprint density at radius 2 is 2.13 bits per heavy atom. The van der Waals surface area contributed by atoms with Crippen LogP contribution in [0.1, 0.15) is 29.8 Å². The zero-order valence-electron chi connectivity index (χ0n) is 9.29. The summed E-state index contributed by atoms with van der Waals surface area (Å²) in [5.41, 5.74) is 3.90. The monoisotopic (exact) mass is 201 g/mol. The van der Waals surface area contributed by atoms with Crippen LogP contribution in [0, 0.1) is 12.8 Å². The first-order valence-electron chi connectivity index (χ1n) is 5.22. The van der Waals surface area contributed by atoms with Crippen molar-refractivity contribution in [2.45, 2.75) is 20.8 Å². The van der Waals surface area contributed by atoms with E-state index in [0.29, 0.717) is 0 Å². The summed E-state index contributed by atoms with van der Waals surface area (Å²) >= 11 is 0. The van der Waals surface area contributed by atoms with E-state index in [0.717, 1.165) is 22.5 Å². The summed E-state index contributed by atoms with van der Waals surface area (Å²) in [7, 11) is 0. The second-order valence-electron chi connectivity index (χ2n) is 3.95. The third-order valence-corrected chi connectivity index (χ3v) is 2.98. The van der Waals surface area contributed by atoms with Gasteiger partial charge >= 0.3 is 0 Å². The second kappa shape index (κ2) is 3.54. The smallest absolute Gasteiger partial charge is 0.173 e. The van der Waals surface area contributed by atoms with Gasteiger partial charge in [0.25, 0.3) is 0 Å². The number of nitrogens with one attached hydrogen (secondary N) is 1. The number of para-hydroxylation sites is 1. The summed E-state index contributed by atoms with van der Waals surface area (Å²) in [6, 6.07) is 5.84. The van der Waals surface area contributed by atoms with Crippen LogP contribution in [0.3, 0.4) is 0 Å². The molecule has 0 aromatic heterocycles. The Morgan fingerprint density at radius 3 is 2.80 bits per heavy atom. The van der Waals surface area contributed by atoms with Crippen molar-refractivity contribution >= 4 is 11.5 Å². The van der Waals surface area contributed by atoms with Crippen LogP contribution in [0.4, 0.5) is 5.69 Å². The highest BCUT2D eigenvalue weighted by atomic mass is 16.1. The molecule has 1 unspecified atom stereocenters. The first-order valence-corrected chi connectivity index (χ1v) is 5.22. The number of Topliss-reactive ketones (excluding diaryl/α,β-unsaturated/α-hetero) is 1. The van der Waals surface area contributed by atoms with Gasteiger partial charge in [-0.3, -0.25) is 4.79 Å². The van der Waals surface area contributed by atoms with E-state index in [1.165, 1.54) is 0 Å². The van der Waals surface area contributed by atoms with E-state index in [2.05, 4.69) is 5.32 Å². The molecule has 0 bridgehead atoms. The van der Waals surface area contributed by atoms with Crippen LogP contribution in [0.15, 0.2) is 30.0 Å². The molecular weight excluding hydrogens is 186 g/mol. The zero-order valence-corrected chi connectivity index (χ0v) is 9.29. The van der Waals surface area contributed by atoms with Crippen molar-refractivity contribution in [2.24, 2.45) is 5.92 Å². The standard InChI is InChI=1S/C13H15NO/c1-4-11-9(3)13(15)10-7-5-6-8(2)12(10)14-11/h4-7,9,14H,1-3H3/b11-4+. The Kier molecular flexibility index (Phi) is 2.35. The van der Waals surface area contributed by atoms with Crippen LogP contribution < -0.4 is 5.32 Å². The molecule has 1 aliphatic rings. The SMILES string of the molecule is C/C=C1/Nc2c(C)cccc2C(=O)C1C. The molecule has 2 rings (SSSR count). The second-order valence-corrected chi connectivity index (χ2v) is 3.95. The summed E-state index contributed by atoms with van der Waals surface area (Å²) in [4.78, 5) is 12.1. The van der Waals surface area contributed by atoms with Crippen LogP contribution in [0.25, 0.3) is 0 Å². The molecule has 0 amide bonds. The Balaban J connectivity index is 2.60. The number of allylic oxidation sites excluding steroid dienone is 2. The average Bonchev–Trinajstić information content (AvgIpc) is 2.24. The molecule has 0 aliphatic carbocycles. The Labute approximate surface area is 90.0 Å². The highest BCUT2D eigenvalue weighted by molar-refractivity contribution is 6.07. The number of ketones is 1.